The lowest BCUT2D eigenvalue weighted by Gasteiger charge is -2.25. The first-order chi connectivity index (χ1) is 8.61. The Bertz CT molecular complexity index is 468. The summed E-state index contributed by atoms with van der Waals surface area (Å²) in [6.07, 6.45) is 2.45. The van der Waals surface area contributed by atoms with E-state index in [0.29, 0.717) is 0 Å². The molecule has 2 aromatic heterocycles. The van der Waals surface area contributed by atoms with Crippen LogP contribution in [0.1, 0.15) is 38.5 Å². The molecule has 0 amide bonds. The second-order valence-electron chi connectivity index (χ2n) is 5.27. The number of hydrogen-bond donors (Lipinski definition) is 1. The molecule has 18 heavy (non-hydrogen) atoms. The summed E-state index contributed by atoms with van der Waals surface area (Å²) in [6, 6.07) is 6.61. The van der Waals surface area contributed by atoms with E-state index in [1.807, 2.05) is 22.7 Å². The smallest absolute Gasteiger partial charge is 0.0351 e. The highest BCUT2D eigenvalue weighted by atomic mass is 32.1. The second kappa shape index (κ2) is 6.00. The fourth-order valence-corrected chi connectivity index (χ4v) is 3.70. The molecular weight excluding hydrogens is 258 g/mol. The molecule has 98 valence electrons. The van der Waals surface area contributed by atoms with E-state index in [1.54, 1.807) is 0 Å². The van der Waals surface area contributed by atoms with Crippen LogP contribution in [-0.2, 0) is 6.54 Å². The van der Waals surface area contributed by atoms with Crippen molar-refractivity contribution in [2.24, 2.45) is 0 Å². The topological polar surface area (TPSA) is 12.0 Å². The van der Waals surface area contributed by atoms with E-state index in [2.05, 4.69) is 55.0 Å². The highest BCUT2D eigenvalue weighted by Gasteiger charge is 2.15. The third-order valence-electron chi connectivity index (χ3n) is 3.08. The Balaban J connectivity index is 1.95. The summed E-state index contributed by atoms with van der Waals surface area (Å²) in [4.78, 5) is 2.79. The van der Waals surface area contributed by atoms with Gasteiger partial charge in [0.25, 0.3) is 0 Å². The lowest BCUT2D eigenvalue weighted by molar-refractivity contribution is 0.358. The van der Waals surface area contributed by atoms with Crippen LogP contribution >= 0.6 is 22.7 Å². The molecule has 0 atom stereocenters. The van der Waals surface area contributed by atoms with Crippen LogP contribution in [0.3, 0.4) is 0 Å². The van der Waals surface area contributed by atoms with Gasteiger partial charge in [-0.25, -0.2) is 0 Å². The predicted molar refractivity (Wildman–Crippen MR) is 83.5 cm³/mol. The molecule has 0 unspecified atom stereocenters. The van der Waals surface area contributed by atoms with Crippen LogP contribution in [0.15, 0.2) is 29.0 Å². The molecule has 0 spiro atoms. The highest BCUT2D eigenvalue weighted by Crippen LogP contribution is 2.29. The summed E-state index contributed by atoms with van der Waals surface area (Å²) in [5, 5.41) is 8.04. The number of rotatable bonds is 6. The third-order valence-corrected chi connectivity index (χ3v) is 4.93. The monoisotopic (exact) mass is 279 g/mol. The molecule has 1 nitrogen and oxygen atoms in total. The normalized spacial score (nSPS) is 11.9. The van der Waals surface area contributed by atoms with E-state index in [0.717, 1.165) is 6.54 Å². The molecule has 0 saturated heterocycles. The molecule has 2 aromatic rings. The Labute approximate surface area is 118 Å². The van der Waals surface area contributed by atoms with Crippen molar-refractivity contribution >= 4 is 22.7 Å². The first-order valence-electron chi connectivity index (χ1n) is 6.47. The Morgan fingerprint density at radius 1 is 1.28 bits per heavy atom. The van der Waals surface area contributed by atoms with Crippen molar-refractivity contribution in [2.45, 2.75) is 45.7 Å². The number of thiophene rings is 2. The maximum Gasteiger partial charge on any atom is 0.0351 e. The van der Waals surface area contributed by atoms with Gasteiger partial charge < -0.3 is 5.32 Å². The van der Waals surface area contributed by atoms with Gasteiger partial charge in [-0.2, -0.15) is 0 Å². The zero-order chi connectivity index (χ0) is 13.0. The van der Waals surface area contributed by atoms with Crippen LogP contribution in [0.5, 0.6) is 0 Å². The molecule has 0 aliphatic carbocycles. The Kier molecular flexibility index (Phi) is 4.60. The molecule has 0 radical (unpaired) electrons. The fourth-order valence-electron chi connectivity index (χ4n) is 2.09. The average Bonchev–Trinajstić information content (AvgIpc) is 2.97. The van der Waals surface area contributed by atoms with Crippen LogP contribution in [0.2, 0.25) is 0 Å². The number of nitrogens with one attached hydrogen (secondary N) is 1. The predicted octanol–water partition coefficient (Wildman–Crippen LogP) is 5.14. The van der Waals surface area contributed by atoms with Crippen molar-refractivity contribution in [3.05, 3.63) is 33.8 Å². The van der Waals surface area contributed by atoms with E-state index >= 15 is 0 Å². The van der Waals surface area contributed by atoms with Crippen LogP contribution in [0.4, 0.5) is 0 Å². The quantitative estimate of drug-likeness (QED) is 0.771. The Hall–Kier alpha value is -0.640. The van der Waals surface area contributed by atoms with Crippen LogP contribution in [-0.4, -0.2) is 5.54 Å². The van der Waals surface area contributed by atoms with Crippen molar-refractivity contribution in [3.63, 3.8) is 0 Å². The molecule has 2 heterocycles. The minimum atomic E-state index is 0.238. The summed E-state index contributed by atoms with van der Waals surface area (Å²) in [5.41, 5.74) is 1.60. The van der Waals surface area contributed by atoms with E-state index in [1.165, 1.54) is 28.2 Å². The van der Waals surface area contributed by atoms with Crippen molar-refractivity contribution < 1.29 is 0 Å². The van der Waals surface area contributed by atoms with Gasteiger partial charge in [-0.1, -0.05) is 19.4 Å². The lowest BCUT2D eigenvalue weighted by atomic mass is 9.99. The van der Waals surface area contributed by atoms with Gasteiger partial charge in [-0.3, -0.25) is 0 Å². The molecular formula is C15H21NS2. The van der Waals surface area contributed by atoms with Gasteiger partial charge in [-0.15, -0.1) is 22.7 Å². The zero-order valence-electron chi connectivity index (χ0n) is 11.3. The fraction of sp³-hybridized carbons (Fsp3) is 0.467. The maximum atomic E-state index is 3.65. The minimum Gasteiger partial charge on any atom is -0.307 e. The number of hydrogen-bond acceptors (Lipinski definition) is 3. The molecule has 0 aliphatic heterocycles. The van der Waals surface area contributed by atoms with Crippen molar-refractivity contribution in [2.75, 3.05) is 0 Å². The second-order valence-corrected chi connectivity index (χ2v) is 7.21. The lowest BCUT2D eigenvalue weighted by Crippen LogP contribution is -2.38. The Morgan fingerprint density at radius 2 is 2.11 bits per heavy atom. The van der Waals surface area contributed by atoms with Gasteiger partial charge in [0.2, 0.25) is 0 Å². The highest BCUT2D eigenvalue weighted by molar-refractivity contribution is 7.14. The maximum absolute atomic E-state index is 3.65. The van der Waals surface area contributed by atoms with Crippen molar-refractivity contribution in [3.8, 4) is 10.4 Å². The molecule has 0 aliphatic rings. The summed E-state index contributed by atoms with van der Waals surface area (Å²) in [7, 11) is 0. The molecule has 2 rings (SSSR count). The van der Waals surface area contributed by atoms with Crippen molar-refractivity contribution in [1.82, 2.24) is 5.32 Å². The van der Waals surface area contributed by atoms with Crippen molar-refractivity contribution in [1.29, 1.82) is 0 Å². The largest absolute Gasteiger partial charge is 0.307 e. The average molecular weight is 279 g/mol. The first kappa shape index (κ1) is 13.8. The Morgan fingerprint density at radius 3 is 2.78 bits per heavy atom. The third kappa shape index (κ3) is 3.67. The van der Waals surface area contributed by atoms with E-state index in [9.17, 15) is 0 Å². The minimum absolute atomic E-state index is 0.238. The van der Waals surface area contributed by atoms with E-state index < -0.39 is 0 Å². The molecule has 0 saturated carbocycles. The van der Waals surface area contributed by atoms with Gasteiger partial charge in [0.1, 0.15) is 0 Å². The van der Waals surface area contributed by atoms with Crippen LogP contribution in [0, 0.1) is 0 Å². The van der Waals surface area contributed by atoms with Gasteiger partial charge in [0, 0.05) is 27.4 Å². The van der Waals surface area contributed by atoms with E-state index in [-0.39, 0.29) is 5.54 Å². The molecule has 1 N–H and O–H groups in total. The first-order valence-corrected chi connectivity index (χ1v) is 8.23. The van der Waals surface area contributed by atoms with Crippen LogP contribution < -0.4 is 5.32 Å². The van der Waals surface area contributed by atoms with Crippen LogP contribution in [0.25, 0.3) is 10.4 Å². The summed E-state index contributed by atoms with van der Waals surface area (Å²) in [5.74, 6) is 0. The summed E-state index contributed by atoms with van der Waals surface area (Å²) >= 11 is 3.66. The summed E-state index contributed by atoms with van der Waals surface area (Å²) < 4.78 is 0. The summed E-state index contributed by atoms with van der Waals surface area (Å²) in [6.45, 7) is 7.78. The van der Waals surface area contributed by atoms with Gasteiger partial charge >= 0.3 is 0 Å². The zero-order valence-corrected chi connectivity index (χ0v) is 13.0. The van der Waals surface area contributed by atoms with Gasteiger partial charge in [-0.05, 0) is 43.2 Å². The van der Waals surface area contributed by atoms with Gasteiger partial charge in [0.05, 0.1) is 0 Å². The molecule has 0 aromatic carbocycles. The SMILES string of the molecule is CCCC(C)(C)NCc1cc(-c2cccs2)cs1. The molecule has 0 fully saturated rings. The standard InChI is InChI=1S/C15H21NS2/c1-4-7-15(2,3)16-10-13-9-12(11-18-13)14-6-5-8-17-14/h5-6,8-9,11,16H,4,7,10H2,1-3H3. The molecule has 3 heteroatoms. The van der Waals surface area contributed by atoms with E-state index in [4.69, 9.17) is 0 Å². The van der Waals surface area contributed by atoms with Gasteiger partial charge in [0.15, 0.2) is 0 Å². The molecule has 0 bridgehead atoms.